The van der Waals surface area contributed by atoms with Gasteiger partial charge in [0.2, 0.25) is 0 Å². The van der Waals surface area contributed by atoms with Gasteiger partial charge in [0, 0.05) is 0 Å². The maximum atomic E-state index is 9.86. The summed E-state index contributed by atoms with van der Waals surface area (Å²) in [5.41, 5.74) is 0. The molecule has 1 heterocycles. The van der Waals surface area contributed by atoms with E-state index in [4.69, 9.17) is 4.74 Å². The molecule has 0 aromatic heterocycles. The molecule has 0 bridgehead atoms. The third kappa shape index (κ3) is 3.22. The van der Waals surface area contributed by atoms with E-state index in [0.29, 0.717) is 31.2 Å². The van der Waals surface area contributed by atoms with Crippen molar-refractivity contribution in [3.05, 3.63) is 0 Å². The van der Waals surface area contributed by atoms with Crippen LogP contribution in [0, 0.1) is 5.92 Å². The van der Waals surface area contributed by atoms with E-state index in [-0.39, 0.29) is 0 Å². The van der Waals surface area contributed by atoms with Crippen LogP contribution in [0.5, 0.6) is 0 Å². The molecule has 3 atom stereocenters. The van der Waals surface area contributed by atoms with Gasteiger partial charge in [-0.1, -0.05) is 6.92 Å². The zero-order chi connectivity index (χ0) is 8.97. The molecule has 12 heavy (non-hydrogen) atoms. The fourth-order valence-corrected chi connectivity index (χ4v) is 1.27. The van der Waals surface area contributed by atoms with Crippen LogP contribution in [0.4, 0.5) is 0 Å². The van der Waals surface area contributed by atoms with Gasteiger partial charge in [-0.15, -0.1) is 0 Å². The topological polar surface area (TPSA) is 38.8 Å². The van der Waals surface area contributed by atoms with Gasteiger partial charge in [-0.2, -0.15) is 0 Å². The van der Waals surface area contributed by atoms with Gasteiger partial charge in [-0.25, -0.2) is 0 Å². The number of carbonyl (C=O) groups is 1. The Morgan fingerprint density at radius 1 is 1.67 bits per heavy atom. The van der Waals surface area contributed by atoms with Gasteiger partial charge in [0.1, 0.15) is 0 Å². The molecule has 70 valence electrons. The Bertz CT molecular complexity index is 147. The normalized spacial score (nSPS) is 29.5. The van der Waals surface area contributed by atoms with Crippen molar-refractivity contribution in [1.82, 2.24) is 0 Å². The molecule has 3 nitrogen and oxygen atoms in total. The van der Waals surface area contributed by atoms with Crippen LogP contribution >= 0.6 is 0 Å². The van der Waals surface area contributed by atoms with Crippen LogP contribution in [0.3, 0.4) is 0 Å². The number of carbonyl (C=O) groups excluding carboxylic acids is 1. The summed E-state index contributed by atoms with van der Waals surface area (Å²) in [6.45, 7) is 5.20. The predicted molar refractivity (Wildman–Crippen MR) is 44.7 cm³/mol. The SMILES string of the molecule is CC(CCC1OC1C)COC=O. The second kappa shape index (κ2) is 4.45. The molecule has 0 N–H and O–H groups in total. The molecule has 0 saturated carbocycles. The molecule has 1 fully saturated rings. The van der Waals surface area contributed by atoms with Gasteiger partial charge in [-0.3, -0.25) is 4.79 Å². The summed E-state index contributed by atoms with van der Waals surface area (Å²) in [7, 11) is 0. The van der Waals surface area contributed by atoms with Gasteiger partial charge in [-0.05, 0) is 25.7 Å². The van der Waals surface area contributed by atoms with Crippen molar-refractivity contribution in [1.29, 1.82) is 0 Å². The predicted octanol–water partition coefficient (Wildman–Crippen LogP) is 1.36. The monoisotopic (exact) mass is 172 g/mol. The second-order valence-electron chi connectivity index (χ2n) is 3.49. The molecule has 0 aliphatic carbocycles. The Balaban J connectivity index is 1.94. The minimum atomic E-state index is 0.448. The van der Waals surface area contributed by atoms with Gasteiger partial charge in [0.15, 0.2) is 0 Å². The van der Waals surface area contributed by atoms with Crippen LogP contribution in [0.2, 0.25) is 0 Å². The Morgan fingerprint density at radius 3 is 2.83 bits per heavy atom. The molecule has 1 rings (SSSR count). The highest BCUT2D eigenvalue weighted by molar-refractivity contribution is 5.36. The van der Waals surface area contributed by atoms with E-state index in [1.165, 1.54) is 0 Å². The minimum Gasteiger partial charge on any atom is -0.468 e. The van der Waals surface area contributed by atoms with Crippen molar-refractivity contribution in [2.75, 3.05) is 6.61 Å². The highest BCUT2D eigenvalue weighted by Crippen LogP contribution is 2.27. The van der Waals surface area contributed by atoms with Gasteiger partial charge in [0.05, 0.1) is 18.8 Å². The Labute approximate surface area is 73.0 Å². The zero-order valence-corrected chi connectivity index (χ0v) is 7.66. The van der Waals surface area contributed by atoms with E-state index >= 15 is 0 Å². The van der Waals surface area contributed by atoms with Crippen LogP contribution in [0.25, 0.3) is 0 Å². The number of hydrogen-bond acceptors (Lipinski definition) is 3. The maximum absolute atomic E-state index is 9.86. The van der Waals surface area contributed by atoms with Crippen molar-refractivity contribution < 1.29 is 14.3 Å². The Morgan fingerprint density at radius 2 is 2.33 bits per heavy atom. The van der Waals surface area contributed by atoms with Crippen LogP contribution < -0.4 is 0 Å². The van der Waals surface area contributed by atoms with Gasteiger partial charge in [0.25, 0.3) is 6.47 Å². The third-order valence-corrected chi connectivity index (χ3v) is 2.23. The van der Waals surface area contributed by atoms with Crippen LogP contribution in [0.15, 0.2) is 0 Å². The maximum Gasteiger partial charge on any atom is 0.293 e. The average Bonchev–Trinajstić information content (AvgIpc) is 2.75. The van der Waals surface area contributed by atoms with Gasteiger partial charge < -0.3 is 9.47 Å². The average molecular weight is 172 g/mol. The number of rotatable bonds is 6. The first kappa shape index (κ1) is 9.52. The highest BCUT2D eigenvalue weighted by Gasteiger charge is 2.33. The van der Waals surface area contributed by atoms with E-state index in [2.05, 4.69) is 18.6 Å². The van der Waals surface area contributed by atoms with Crippen LogP contribution in [-0.2, 0) is 14.3 Å². The van der Waals surface area contributed by atoms with E-state index in [9.17, 15) is 4.79 Å². The summed E-state index contributed by atoms with van der Waals surface area (Å²) < 4.78 is 9.91. The lowest BCUT2D eigenvalue weighted by Crippen LogP contribution is -2.06. The summed E-state index contributed by atoms with van der Waals surface area (Å²) in [5, 5.41) is 0. The van der Waals surface area contributed by atoms with Crippen molar-refractivity contribution in [2.24, 2.45) is 5.92 Å². The lowest BCUT2D eigenvalue weighted by Gasteiger charge is -2.07. The molecular weight excluding hydrogens is 156 g/mol. The van der Waals surface area contributed by atoms with E-state index < -0.39 is 0 Å². The molecule has 0 aromatic carbocycles. The zero-order valence-electron chi connectivity index (χ0n) is 7.66. The fraction of sp³-hybridized carbons (Fsp3) is 0.889. The quantitative estimate of drug-likeness (QED) is 0.448. The van der Waals surface area contributed by atoms with Crippen molar-refractivity contribution >= 4 is 6.47 Å². The number of ether oxygens (including phenoxy) is 2. The lowest BCUT2D eigenvalue weighted by atomic mass is 10.0. The molecule has 0 aromatic rings. The van der Waals surface area contributed by atoms with E-state index in [1.807, 2.05) is 0 Å². The molecule has 0 amide bonds. The summed E-state index contributed by atoms with van der Waals surface area (Å²) in [6, 6.07) is 0. The number of epoxide rings is 1. The van der Waals surface area contributed by atoms with Crippen molar-refractivity contribution in [3.8, 4) is 0 Å². The lowest BCUT2D eigenvalue weighted by molar-refractivity contribution is -0.129. The van der Waals surface area contributed by atoms with Crippen LogP contribution in [-0.4, -0.2) is 25.3 Å². The second-order valence-corrected chi connectivity index (χ2v) is 3.49. The Kier molecular flexibility index (Phi) is 3.53. The molecule has 0 spiro atoms. The van der Waals surface area contributed by atoms with Gasteiger partial charge >= 0.3 is 0 Å². The molecule has 1 saturated heterocycles. The standard InChI is InChI=1S/C9H16O3/c1-7(5-11-6-10)3-4-9-8(2)12-9/h6-9H,3-5H2,1-2H3. The molecule has 3 unspecified atom stereocenters. The first-order chi connectivity index (χ1) is 5.74. The summed E-state index contributed by atoms with van der Waals surface area (Å²) >= 11 is 0. The largest absolute Gasteiger partial charge is 0.468 e. The summed E-state index contributed by atoms with van der Waals surface area (Å²) in [6.07, 6.45) is 3.07. The summed E-state index contributed by atoms with van der Waals surface area (Å²) in [5.74, 6) is 0.451. The summed E-state index contributed by atoms with van der Waals surface area (Å²) in [4.78, 5) is 9.86. The molecule has 1 aliphatic heterocycles. The smallest absolute Gasteiger partial charge is 0.293 e. The molecular formula is C9H16O3. The third-order valence-electron chi connectivity index (χ3n) is 2.23. The first-order valence-electron chi connectivity index (χ1n) is 4.44. The van der Waals surface area contributed by atoms with Crippen LogP contribution in [0.1, 0.15) is 26.7 Å². The number of hydrogen-bond donors (Lipinski definition) is 0. The van der Waals surface area contributed by atoms with Crippen molar-refractivity contribution in [3.63, 3.8) is 0 Å². The first-order valence-corrected chi connectivity index (χ1v) is 4.44. The minimum absolute atomic E-state index is 0.448. The molecule has 0 radical (unpaired) electrons. The molecule has 1 aliphatic rings. The van der Waals surface area contributed by atoms with E-state index in [1.54, 1.807) is 0 Å². The van der Waals surface area contributed by atoms with E-state index in [0.717, 1.165) is 12.8 Å². The highest BCUT2D eigenvalue weighted by atomic mass is 16.6. The molecule has 3 heteroatoms. The van der Waals surface area contributed by atoms with Crippen molar-refractivity contribution in [2.45, 2.75) is 38.9 Å². The Hall–Kier alpha value is -0.570. The fourth-order valence-electron chi connectivity index (χ4n) is 1.27.